The molecule has 4 nitrogen and oxygen atoms in total. The van der Waals surface area contributed by atoms with Crippen LogP contribution in [0.15, 0.2) is 23.1 Å². The van der Waals surface area contributed by atoms with Crippen molar-refractivity contribution in [2.45, 2.75) is 25.9 Å². The van der Waals surface area contributed by atoms with Crippen LogP contribution >= 0.6 is 0 Å². The van der Waals surface area contributed by atoms with Gasteiger partial charge in [-0.05, 0) is 26.5 Å². The lowest BCUT2D eigenvalue weighted by Crippen LogP contribution is -2.40. The molecule has 2 heterocycles. The second-order valence-corrected chi connectivity index (χ2v) is 4.67. The van der Waals surface area contributed by atoms with Gasteiger partial charge in [0.05, 0.1) is 6.61 Å². The molecule has 0 spiro atoms. The van der Waals surface area contributed by atoms with Crippen LogP contribution in [0, 0.1) is 12.8 Å². The maximum absolute atomic E-state index is 11.9. The molecule has 0 bridgehead atoms. The van der Waals surface area contributed by atoms with Crippen LogP contribution in [-0.4, -0.2) is 30.9 Å². The van der Waals surface area contributed by atoms with Gasteiger partial charge in [0, 0.05) is 36.9 Å². The highest BCUT2D eigenvalue weighted by atomic mass is 16.5. The summed E-state index contributed by atoms with van der Waals surface area (Å²) in [5.74, 6) is 0.507. The van der Waals surface area contributed by atoms with E-state index in [9.17, 15) is 4.79 Å². The Kier molecular flexibility index (Phi) is 3.97. The molecular weight excluding hydrogens is 216 g/mol. The first-order chi connectivity index (χ1) is 8.22. The summed E-state index contributed by atoms with van der Waals surface area (Å²) in [7, 11) is 1.95. The Bertz CT molecular complexity index is 422. The number of aryl methyl sites for hydroxylation is 1. The summed E-state index contributed by atoms with van der Waals surface area (Å²) in [4.78, 5) is 11.9. The number of nitrogens with one attached hydrogen (secondary N) is 1. The molecule has 1 N–H and O–H groups in total. The highest BCUT2D eigenvalue weighted by molar-refractivity contribution is 5.07. The molecule has 1 aromatic heterocycles. The molecule has 1 saturated heterocycles. The van der Waals surface area contributed by atoms with Crippen LogP contribution in [-0.2, 0) is 11.3 Å². The van der Waals surface area contributed by atoms with Crippen molar-refractivity contribution < 1.29 is 4.74 Å². The molecule has 1 fully saturated rings. The number of nitrogens with zero attached hydrogens (tertiary/aromatic N) is 1. The molecule has 0 aliphatic carbocycles. The molecule has 17 heavy (non-hydrogen) atoms. The first-order valence-corrected chi connectivity index (χ1v) is 6.13. The topological polar surface area (TPSA) is 43.3 Å². The van der Waals surface area contributed by atoms with Crippen molar-refractivity contribution in [2.75, 3.05) is 20.3 Å². The minimum atomic E-state index is 0.103. The van der Waals surface area contributed by atoms with Crippen molar-refractivity contribution in [1.82, 2.24) is 9.88 Å². The first kappa shape index (κ1) is 12.3. The van der Waals surface area contributed by atoms with E-state index in [-0.39, 0.29) is 5.56 Å². The molecule has 1 aromatic rings. The SMILES string of the molecule is CNC(Cn1cccc(C)c1=O)C1CCOC1. The molecule has 2 atom stereocenters. The fourth-order valence-electron chi connectivity index (χ4n) is 2.36. The van der Waals surface area contributed by atoms with Crippen LogP contribution in [0.4, 0.5) is 0 Å². The number of aromatic nitrogens is 1. The van der Waals surface area contributed by atoms with Crippen LogP contribution in [0.25, 0.3) is 0 Å². The molecule has 0 amide bonds. The van der Waals surface area contributed by atoms with E-state index in [1.807, 2.05) is 32.3 Å². The largest absolute Gasteiger partial charge is 0.381 e. The van der Waals surface area contributed by atoms with Crippen molar-refractivity contribution in [3.63, 3.8) is 0 Å². The lowest BCUT2D eigenvalue weighted by atomic mass is 9.99. The zero-order valence-electron chi connectivity index (χ0n) is 10.5. The zero-order chi connectivity index (χ0) is 12.3. The fraction of sp³-hybridized carbons (Fsp3) is 0.615. The van der Waals surface area contributed by atoms with Crippen LogP contribution in [0.3, 0.4) is 0 Å². The Morgan fingerprint density at radius 2 is 2.47 bits per heavy atom. The van der Waals surface area contributed by atoms with Crippen molar-refractivity contribution in [1.29, 1.82) is 0 Å². The predicted octanol–water partition coefficient (Wildman–Crippen LogP) is 0.781. The molecule has 94 valence electrons. The van der Waals surface area contributed by atoms with E-state index in [4.69, 9.17) is 4.74 Å². The van der Waals surface area contributed by atoms with Gasteiger partial charge in [0.15, 0.2) is 0 Å². The van der Waals surface area contributed by atoms with Crippen molar-refractivity contribution in [3.05, 3.63) is 34.2 Å². The Balaban J connectivity index is 2.12. The molecule has 0 aromatic carbocycles. The zero-order valence-corrected chi connectivity index (χ0v) is 10.5. The Labute approximate surface area is 102 Å². The Hall–Kier alpha value is -1.13. The van der Waals surface area contributed by atoms with Crippen LogP contribution in [0.2, 0.25) is 0 Å². The van der Waals surface area contributed by atoms with Gasteiger partial charge < -0.3 is 14.6 Å². The van der Waals surface area contributed by atoms with Gasteiger partial charge in [-0.2, -0.15) is 0 Å². The Morgan fingerprint density at radius 1 is 1.65 bits per heavy atom. The standard InChI is InChI=1S/C13H20N2O2/c1-10-4-3-6-15(13(10)16)8-12(14-2)11-5-7-17-9-11/h3-4,6,11-12,14H,5,7-9H2,1-2H3. The van der Waals surface area contributed by atoms with Crippen LogP contribution in [0.1, 0.15) is 12.0 Å². The smallest absolute Gasteiger partial charge is 0.253 e. The average molecular weight is 236 g/mol. The van der Waals surface area contributed by atoms with Gasteiger partial charge in [-0.3, -0.25) is 4.79 Å². The maximum Gasteiger partial charge on any atom is 0.253 e. The molecule has 4 heteroatoms. The lowest BCUT2D eigenvalue weighted by Gasteiger charge is -2.22. The van der Waals surface area contributed by atoms with Crippen LogP contribution < -0.4 is 10.9 Å². The number of rotatable bonds is 4. The van der Waals surface area contributed by atoms with Gasteiger partial charge in [0.25, 0.3) is 5.56 Å². The number of hydrogen-bond acceptors (Lipinski definition) is 3. The molecule has 1 aliphatic rings. The van der Waals surface area contributed by atoms with Gasteiger partial charge in [-0.1, -0.05) is 6.07 Å². The van der Waals surface area contributed by atoms with Gasteiger partial charge in [-0.25, -0.2) is 0 Å². The van der Waals surface area contributed by atoms with E-state index >= 15 is 0 Å². The molecule has 0 saturated carbocycles. The summed E-state index contributed by atoms with van der Waals surface area (Å²) < 4.78 is 7.19. The highest BCUT2D eigenvalue weighted by Crippen LogP contribution is 2.17. The average Bonchev–Trinajstić information content (AvgIpc) is 2.85. The summed E-state index contributed by atoms with van der Waals surface area (Å²) in [6.45, 7) is 4.20. The first-order valence-electron chi connectivity index (χ1n) is 6.13. The number of pyridine rings is 1. The quantitative estimate of drug-likeness (QED) is 0.840. The second kappa shape index (κ2) is 5.47. The minimum absolute atomic E-state index is 0.103. The summed E-state index contributed by atoms with van der Waals surface area (Å²) in [6, 6.07) is 4.08. The monoisotopic (exact) mass is 236 g/mol. The van der Waals surface area contributed by atoms with Crippen molar-refractivity contribution in [3.8, 4) is 0 Å². The maximum atomic E-state index is 11.9. The van der Waals surface area contributed by atoms with E-state index in [0.717, 1.165) is 25.2 Å². The third kappa shape index (κ3) is 2.76. The van der Waals surface area contributed by atoms with Gasteiger partial charge >= 0.3 is 0 Å². The number of likely N-dealkylation sites (N-methyl/N-ethyl adjacent to an activating group) is 1. The molecule has 0 radical (unpaired) electrons. The Morgan fingerprint density at radius 3 is 3.12 bits per heavy atom. The lowest BCUT2D eigenvalue weighted by molar-refractivity contribution is 0.175. The summed E-state index contributed by atoms with van der Waals surface area (Å²) >= 11 is 0. The second-order valence-electron chi connectivity index (χ2n) is 4.67. The van der Waals surface area contributed by atoms with E-state index in [0.29, 0.717) is 18.5 Å². The summed E-state index contributed by atoms with van der Waals surface area (Å²) in [5, 5.41) is 3.30. The normalized spacial score (nSPS) is 21.6. The van der Waals surface area contributed by atoms with Crippen molar-refractivity contribution >= 4 is 0 Å². The van der Waals surface area contributed by atoms with Crippen LogP contribution in [0.5, 0.6) is 0 Å². The van der Waals surface area contributed by atoms with Crippen molar-refractivity contribution in [2.24, 2.45) is 5.92 Å². The van der Waals surface area contributed by atoms with E-state index in [2.05, 4.69) is 5.32 Å². The molecular formula is C13H20N2O2. The third-order valence-electron chi connectivity index (χ3n) is 3.51. The number of ether oxygens (including phenoxy) is 1. The third-order valence-corrected chi connectivity index (χ3v) is 3.51. The number of hydrogen-bond donors (Lipinski definition) is 1. The van der Waals surface area contributed by atoms with Gasteiger partial charge in [0.1, 0.15) is 0 Å². The molecule has 2 unspecified atom stereocenters. The van der Waals surface area contributed by atoms with E-state index in [1.54, 1.807) is 4.57 Å². The minimum Gasteiger partial charge on any atom is -0.381 e. The molecule has 1 aliphatic heterocycles. The highest BCUT2D eigenvalue weighted by Gasteiger charge is 2.24. The van der Waals surface area contributed by atoms with Gasteiger partial charge in [0.2, 0.25) is 0 Å². The van der Waals surface area contributed by atoms with E-state index in [1.165, 1.54) is 0 Å². The van der Waals surface area contributed by atoms with Gasteiger partial charge in [-0.15, -0.1) is 0 Å². The molecule has 2 rings (SSSR count). The fourth-order valence-corrected chi connectivity index (χ4v) is 2.36. The summed E-state index contributed by atoms with van der Waals surface area (Å²) in [5.41, 5.74) is 0.900. The predicted molar refractivity (Wildman–Crippen MR) is 67.2 cm³/mol. The van der Waals surface area contributed by atoms with E-state index < -0.39 is 0 Å². The summed E-state index contributed by atoms with van der Waals surface area (Å²) in [6.07, 6.45) is 2.93.